The predicted octanol–water partition coefficient (Wildman–Crippen LogP) is 4.09. The van der Waals surface area contributed by atoms with Crippen molar-refractivity contribution in [3.63, 3.8) is 0 Å². The van der Waals surface area contributed by atoms with Gasteiger partial charge in [0.1, 0.15) is 5.82 Å². The van der Waals surface area contributed by atoms with Crippen LogP contribution in [0.3, 0.4) is 0 Å². The number of likely N-dealkylation sites (tertiary alicyclic amines) is 1. The molecule has 8 nitrogen and oxygen atoms in total. The lowest BCUT2D eigenvalue weighted by molar-refractivity contribution is 0.0597. The Kier molecular flexibility index (Phi) is 8.42. The molecule has 3 N–H and O–H groups in total. The Labute approximate surface area is 192 Å². The first-order chi connectivity index (χ1) is 15.7. The van der Waals surface area contributed by atoms with Crippen LogP contribution < -0.4 is 15.5 Å². The van der Waals surface area contributed by atoms with Gasteiger partial charge < -0.3 is 20.6 Å². The van der Waals surface area contributed by atoms with Gasteiger partial charge in [0, 0.05) is 44.0 Å². The number of amides is 1. The van der Waals surface area contributed by atoms with Crippen LogP contribution in [0.25, 0.3) is 0 Å². The zero-order valence-corrected chi connectivity index (χ0v) is 19.3. The molecule has 0 spiro atoms. The molecule has 8 heteroatoms. The molecule has 1 amide bonds. The number of hydrogen-bond donors (Lipinski definition) is 3. The second-order valence-corrected chi connectivity index (χ2v) is 9.65. The average Bonchev–Trinajstić information content (AvgIpc) is 3.10. The van der Waals surface area contributed by atoms with E-state index >= 15 is 0 Å². The second kappa shape index (κ2) is 11.7. The number of hydrogen-bond acceptors (Lipinski definition) is 6. The third-order valence-corrected chi connectivity index (χ3v) is 7.47. The van der Waals surface area contributed by atoms with Crippen LogP contribution >= 0.6 is 0 Å². The maximum Gasteiger partial charge on any atom is 0.404 e. The van der Waals surface area contributed by atoms with Crippen molar-refractivity contribution in [2.75, 3.05) is 36.4 Å². The molecule has 4 rings (SSSR count). The molecular formula is C24H40N6O2. The van der Waals surface area contributed by atoms with E-state index < -0.39 is 6.09 Å². The normalized spacial score (nSPS) is 25.8. The minimum absolute atomic E-state index is 0.237. The number of carbonyl (C=O) groups is 1. The van der Waals surface area contributed by atoms with Gasteiger partial charge in [-0.15, -0.1) is 0 Å². The molecule has 1 saturated carbocycles. The zero-order chi connectivity index (χ0) is 22.2. The number of nitrogens with zero attached hydrogens (tertiary/aromatic N) is 4. The standard InChI is InChI=1S/C24H40N6O2/c31-24(32)26-14-12-21-20(11-8-18-30(21)19-9-4-3-5-10-19)27-23-25-15-13-22(28-23)29-16-6-1-2-7-17-29/h13,15,19-21,26H,1-12,14,16-18H2,(H,31,32)(H,25,27,28). The lowest BCUT2D eigenvalue weighted by Crippen LogP contribution is -2.56. The molecule has 2 saturated heterocycles. The molecule has 3 heterocycles. The van der Waals surface area contributed by atoms with Gasteiger partial charge in [-0.05, 0) is 57.6 Å². The summed E-state index contributed by atoms with van der Waals surface area (Å²) in [5.74, 6) is 1.73. The predicted molar refractivity (Wildman–Crippen MR) is 127 cm³/mol. The van der Waals surface area contributed by atoms with Crippen molar-refractivity contribution in [2.45, 2.75) is 95.2 Å². The van der Waals surface area contributed by atoms with E-state index in [1.54, 1.807) is 0 Å². The molecule has 2 unspecified atom stereocenters. The quantitative estimate of drug-likeness (QED) is 0.583. The lowest BCUT2D eigenvalue weighted by Gasteiger charge is -2.47. The van der Waals surface area contributed by atoms with E-state index in [1.165, 1.54) is 57.8 Å². The van der Waals surface area contributed by atoms with Crippen LogP contribution in [0, 0.1) is 0 Å². The fraction of sp³-hybridized carbons (Fsp3) is 0.792. The van der Waals surface area contributed by atoms with Gasteiger partial charge in [0.25, 0.3) is 0 Å². The minimum atomic E-state index is -0.942. The first kappa shape index (κ1) is 23.1. The van der Waals surface area contributed by atoms with Crippen molar-refractivity contribution in [3.05, 3.63) is 12.3 Å². The molecule has 178 valence electrons. The molecule has 0 radical (unpaired) electrons. The zero-order valence-electron chi connectivity index (χ0n) is 19.3. The highest BCUT2D eigenvalue weighted by molar-refractivity contribution is 5.64. The van der Waals surface area contributed by atoms with Crippen molar-refractivity contribution in [3.8, 4) is 0 Å². The first-order valence-electron chi connectivity index (χ1n) is 12.8. The molecule has 1 aromatic rings. The van der Waals surface area contributed by atoms with E-state index in [0.717, 1.165) is 44.7 Å². The van der Waals surface area contributed by atoms with E-state index in [-0.39, 0.29) is 6.04 Å². The van der Waals surface area contributed by atoms with E-state index in [2.05, 4.69) is 25.4 Å². The Hall–Kier alpha value is -2.09. The lowest BCUT2D eigenvalue weighted by atomic mass is 9.87. The Morgan fingerprint density at radius 2 is 1.75 bits per heavy atom. The SMILES string of the molecule is O=C(O)NCCC1C(Nc2nccc(N3CCCCCC3)n2)CCCN1C1CCCCC1. The number of aromatic nitrogens is 2. The topological polar surface area (TPSA) is 93.6 Å². The van der Waals surface area contributed by atoms with Gasteiger partial charge in [0.2, 0.25) is 5.95 Å². The third kappa shape index (κ3) is 6.24. The highest BCUT2D eigenvalue weighted by Gasteiger charge is 2.36. The van der Waals surface area contributed by atoms with Gasteiger partial charge in [-0.2, -0.15) is 4.98 Å². The number of carboxylic acid groups (broad SMARTS) is 1. The van der Waals surface area contributed by atoms with Gasteiger partial charge >= 0.3 is 6.09 Å². The number of rotatable bonds is 7. The van der Waals surface area contributed by atoms with Crippen LogP contribution in [0.4, 0.5) is 16.6 Å². The Morgan fingerprint density at radius 3 is 2.50 bits per heavy atom. The van der Waals surface area contributed by atoms with E-state index in [9.17, 15) is 4.79 Å². The van der Waals surface area contributed by atoms with Crippen LogP contribution in [-0.4, -0.2) is 70.4 Å². The summed E-state index contributed by atoms with van der Waals surface area (Å²) in [6.45, 7) is 3.73. The Bertz CT molecular complexity index is 718. The highest BCUT2D eigenvalue weighted by Crippen LogP contribution is 2.31. The molecule has 3 fully saturated rings. The van der Waals surface area contributed by atoms with E-state index in [4.69, 9.17) is 10.1 Å². The van der Waals surface area contributed by atoms with Crippen LogP contribution in [0.5, 0.6) is 0 Å². The summed E-state index contributed by atoms with van der Waals surface area (Å²) in [6, 6.07) is 3.18. The summed E-state index contributed by atoms with van der Waals surface area (Å²) in [6.07, 6.45) is 15.5. The Morgan fingerprint density at radius 1 is 1.00 bits per heavy atom. The van der Waals surface area contributed by atoms with Crippen molar-refractivity contribution in [2.24, 2.45) is 0 Å². The van der Waals surface area contributed by atoms with Crippen LogP contribution in [-0.2, 0) is 0 Å². The Balaban J connectivity index is 1.46. The summed E-state index contributed by atoms with van der Waals surface area (Å²) >= 11 is 0. The molecule has 0 aromatic carbocycles. The molecule has 0 bridgehead atoms. The first-order valence-corrected chi connectivity index (χ1v) is 12.8. The monoisotopic (exact) mass is 444 g/mol. The summed E-state index contributed by atoms with van der Waals surface area (Å²) < 4.78 is 0. The number of piperidine rings is 1. The third-order valence-electron chi connectivity index (χ3n) is 7.47. The summed E-state index contributed by atoms with van der Waals surface area (Å²) in [4.78, 5) is 25.5. The highest BCUT2D eigenvalue weighted by atomic mass is 16.4. The molecule has 1 aromatic heterocycles. The maximum atomic E-state index is 11.0. The van der Waals surface area contributed by atoms with Gasteiger partial charge in [0.05, 0.1) is 0 Å². The summed E-state index contributed by atoms with van der Waals surface area (Å²) in [5, 5.41) is 15.3. The van der Waals surface area contributed by atoms with Crippen LogP contribution in [0.1, 0.15) is 77.0 Å². The number of nitrogens with one attached hydrogen (secondary N) is 2. The van der Waals surface area contributed by atoms with Crippen molar-refractivity contribution >= 4 is 17.9 Å². The molecule has 32 heavy (non-hydrogen) atoms. The molecular weight excluding hydrogens is 404 g/mol. The van der Waals surface area contributed by atoms with Crippen molar-refractivity contribution in [1.82, 2.24) is 20.2 Å². The molecule has 3 aliphatic rings. The van der Waals surface area contributed by atoms with Gasteiger partial charge in [-0.1, -0.05) is 32.1 Å². The molecule has 2 aliphatic heterocycles. The van der Waals surface area contributed by atoms with Crippen LogP contribution in [0.2, 0.25) is 0 Å². The van der Waals surface area contributed by atoms with Gasteiger partial charge in [-0.3, -0.25) is 4.90 Å². The van der Waals surface area contributed by atoms with Gasteiger partial charge in [0.15, 0.2) is 0 Å². The van der Waals surface area contributed by atoms with E-state index in [0.29, 0.717) is 24.6 Å². The van der Waals surface area contributed by atoms with Crippen molar-refractivity contribution in [1.29, 1.82) is 0 Å². The second-order valence-electron chi connectivity index (χ2n) is 9.65. The molecule has 1 aliphatic carbocycles. The average molecular weight is 445 g/mol. The van der Waals surface area contributed by atoms with Crippen molar-refractivity contribution < 1.29 is 9.90 Å². The minimum Gasteiger partial charge on any atom is -0.465 e. The largest absolute Gasteiger partial charge is 0.465 e. The van der Waals surface area contributed by atoms with Crippen LogP contribution in [0.15, 0.2) is 12.3 Å². The van der Waals surface area contributed by atoms with Gasteiger partial charge in [-0.25, -0.2) is 9.78 Å². The summed E-state index contributed by atoms with van der Waals surface area (Å²) in [5.41, 5.74) is 0. The summed E-state index contributed by atoms with van der Waals surface area (Å²) in [7, 11) is 0. The fourth-order valence-electron chi connectivity index (χ4n) is 5.87. The maximum absolute atomic E-state index is 11.0. The fourth-order valence-corrected chi connectivity index (χ4v) is 5.87. The molecule has 2 atom stereocenters. The smallest absolute Gasteiger partial charge is 0.404 e. The van der Waals surface area contributed by atoms with E-state index in [1.807, 2.05) is 12.3 Å². The number of anilines is 2.